The van der Waals surface area contributed by atoms with E-state index >= 15 is 0 Å². The van der Waals surface area contributed by atoms with E-state index in [9.17, 15) is 0 Å². The summed E-state index contributed by atoms with van der Waals surface area (Å²) in [4.78, 5) is 5.55. The standard InChI is InChI=1S/C24H27NS/c1-7-11-18-12-10-13-20(14-18)21-15-23(26-17-21)24(4,5)22(9-3)19(8-2)16-25-6/h8-10,12-17,22H,3H2,1-2,4-6H3/b19-8+,25-16?. The van der Waals surface area contributed by atoms with Gasteiger partial charge in [0.2, 0.25) is 0 Å². The molecule has 1 heterocycles. The molecule has 0 amide bonds. The summed E-state index contributed by atoms with van der Waals surface area (Å²) in [6.07, 6.45) is 6.10. The molecule has 0 aliphatic heterocycles. The number of allylic oxidation sites excluding steroid dienone is 3. The predicted molar refractivity (Wildman–Crippen MR) is 117 cm³/mol. The van der Waals surface area contributed by atoms with Gasteiger partial charge in [0.1, 0.15) is 0 Å². The molecule has 0 spiro atoms. The van der Waals surface area contributed by atoms with Gasteiger partial charge in [0.05, 0.1) is 0 Å². The van der Waals surface area contributed by atoms with Gasteiger partial charge in [-0.25, -0.2) is 0 Å². The molecule has 0 saturated carbocycles. The average Bonchev–Trinajstić information content (AvgIpc) is 3.13. The number of rotatable bonds is 6. The minimum atomic E-state index is -0.0610. The molecular formula is C24H27NS. The van der Waals surface area contributed by atoms with Crippen LogP contribution in [0.3, 0.4) is 0 Å². The van der Waals surface area contributed by atoms with Crippen LogP contribution in [-0.4, -0.2) is 13.3 Å². The fourth-order valence-electron chi connectivity index (χ4n) is 3.23. The molecule has 1 aromatic carbocycles. The fraction of sp³-hybridized carbons (Fsp3) is 0.292. The van der Waals surface area contributed by atoms with Crippen LogP contribution in [0.4, 0.5) is 0 Å². The summed E-state index contributed by atoms with van der Waals surface area (Å²) in [5, 5.41) is 2.24. The van der Waals surface area contributed by atoms with Crippen molar-refractivity contribution in [2.24, 2.45) is 10.9 Å². The van der Waals surface area contributed by atoms with Crippen LogP contribution in [0.25, 0.3) is 11.1 Å². The first-order valence-corrected chi connectivity index (χ1v) is 9.69. The van der Waals surface area contributed by atoms with Crippen molar-refractivity contribution < 1.29 is 0 Å². The molecule has 1 aromatic heterocycles. The zero-order chi connectivity index (χ0) is 19.2. The number of hydrogen-bond acceptors (Lipinski definition) is 2. The molecule has 134 valence electrons. The Kier molecular flexibility index (Phi) is 6.77. The van der Waals surface area contributed by atoms with Crippen LogP contribution in [-0.2, 0) is 5.41 Å². The Morgan fingerprint density at radius 1 is 1.27 bits per heavy atom. The molecule has 1 nitrogen and oxygen atoms in total. The third-order valence-corrected chi connectivity index (χ3v) is 5.95. The Balaban J connectivity index is 2.42. The van der Waals surface area contributed by atoms with Crippen LogP contribution >= 0.6 is 11.3 Å². The molecule has 26 heavy (non-hydrogen) atoms. The summed E-state index contributed by atoms with van der Waals surface area (Å²) < 4.78 is 0. The Morgan fingerprint density at radius 3 is 2.65 bits per heavy atom. The lowest BCUT2D eigenvalue weighted by Gasteiger charge is -2.32. The number of thiophene rings is 1. The lowest BCUT2D eigenvalue weighted by Crippen LogP contribution is -2.28. The van der Waals surface area contributed by atoms with Crippen LogP contribution in [0.2, 0.25) is 0 Å². The summed E-state index contributed by atoms with van der Waals surface area (Å²) in [5.41, 5.74) is 4.64. The number of benzene rings is 1. The third-order valence-electron chi connectivity index (χ3n) is 4.68. The van der Waals surface area contributed by atoms with E-state index in [0.717, 1.165) is 5.56 Å². The molecule has 2 aromatic rings. The summed E-state index contributed by atoms with van der Waals surface area (Å²) in [7, 11) is 1.81. The molecule has 0 radical (unpaired) electrons. The molecule has 0 saturated heterocycles. The third kappa shape index (κ3) is 4.23. The Hall–Kier alpha value is -2.37. The summed E-state index contributed by atoms with van der Waals surface area (Å²) in [6, 6.07) is 10.7. The molecular weight excluding hydrogens is 334 g/mol. The van der Waals surface area contributed by atoms with Crippen molar-refractivity contribution in [2.45, 2.75) is 33.1 Å². The predicted octanol–water partition coefficient (Wildman–Crippen LogP) is 6.51. The van der Waals surface area contributed by atoms with E-state index in [-0.39, 0.29) is 11.3 Å². The van der Waals surface area contributed by atoms with Gasteiger partial charge in [-0.15, -0.1) is 23.8 Å². The monoisotopic (exact) mass is 361 g/mol. The molecule has 0 fully saturated rings. The van der Waals surface area contributed by atoms with Gasteiger partial charge in [0, 0.05) is 35.0 Å². The first-order chi connectivity index (χ1) is 12.5. The van der Waals surface area contributed by atoms with Crippen LogP contribution < -0.4 is 0 Å². The summed E-state index contributed by atoms with van der Waals surface area (Å²) >= 11 is 1.80. The second kappa shape index (κ2) is 8.83. The van der Waals surface area contributed by atoms with Gasteiger partial charge in [0.15, 0.2) is 0 Å². The molecule has 1 atom stereocenters. The second-order valence-corrected chi connectivity index (χ2v) is 7.68. The van der Waals surface area contributed by atoms with Gasteiger partial charge in [-0.05, 0) is 54.1 Å². The van der Waals surface area contributed by atoms with Gasteiger partial charge in [-0.1, -0.05) is 44.1 Å². The first-order valence-electron chi connectivity index (χ1n) is 8.81. The van der Waals surface area contributed by atoms with E-state index in [1.165, 1.54) is 21.6 Å². The van der Waals surface area contributed by atoms with Crippen molar-refractivity contribution in [2.75, 3.05) is 7.05 Å². The van der Waals surface area contributed by atoms with Crippen LogP contribution in [0.5, 0.6) is 0 Å². The van der Waals surface area contributed by atoms with Crippen molar-refractivity contribution in [3.8, 4) is 23.0 Å². The maximum absolute atomic E-state index is 4.21. The first kappa shape index (κ1) is 19.9. The maximum Gasteiger partial charge on any atom is 0.0277 e. The van der Waals surface area contributed by atoms with Crippen LogP contribution in [0, 0.1) is 17.8 Å². The van der Waals surface area contributed by atoms with E-state index in [2.05, 4.69) is 79.9 Å². The quantitative estimate of drug-likeness (QED) is 0.316. The van der Waals surface area contributed by atoms with E-state index in [1.54, 1.807) is 11.3 Å². The van der Waals surface area contributed by atoms with Crippen LogP contribution in [0.1, 0.15) is 38.1 Å². The van der Waals surface area contributed by atoms with Gasteiger partial charge in [-0.2, -0.15) is 0 Å². The van der Waals surface area contributed by atoms with Crippen molar-refractivity contribution in [1.29, 1.82) is 0 Å². The van der Waals surface area contributed by atoms with Crippen molar-refractivity contribution >= 4 is 17.6 Å². The summed E-state index contributed by atoms with van der Waals surface area (Å²) in [5.74, 6) is 6.31. The molecule has 1 unspecified atom stereocenters. The SMILES string of the molecule is C=CC(/C(C=NC)=C/C)C(C)(C)c1cc(-c2cccc(C#CC)c2)cs1. The molecule has 0 aliphatic carbocycles. The smallest absolute Gasteiger partial charge is 0.0277 e. The van der Waals surface area contributed by atoms with E-state index in [0.29, 0.717) is 0 Å². The molecule has 0 bridgehead atoms. The maximum atomic E-state index is 4.21. The Bertz CT molecular complexity index is 884. The highest BCUT2D eigenvalue weighted by molar-refractivity contribution is 7.10. The van der Waals surface area contributed by atoms with Gasteiger partial charge < -0.3 is 0 Å². The van der Waals surface area contributed by atoms with Crippen molar-refractivity contribution in [1.82, 2.24) is 0 Å². The van der Waals surface area contributed by atoms with Crippen molar-refractivity contribution in [3.63, 3.8) is 0 Å². The minimum Gasteiger partial charge on any atom is -0.296 e. The molecule has 0 N–H and O–H groups in total. The highest BCUT2D eigenvalue weighted by Crippen LogP contribution is 2.41. The normalized spacial score (nSPS) is 13.3. The average molecular weight is 362 g/mol. The van der Waals surface area contributed by atoms with E-state index < -0.39 is 0 Å². The lowest BCUT2D eigenvalue weighted by molar-refractivity contribution is 0.446. The zero-order valence-electron chi connectivity index (χ0n) is 16.3. The van der Waals surface area contributed by atoms with Crippen molar-refractivity contribution in [3.05, 3.63) is 70.5 Å². The Morgan fingerprint density at radius 2 is 2.04 bits per heavy atom. The van der Waals surface area contributed by atoms with E-state index in [4.69, 9.17) is 0 Å². The highest BCUT2D eigenvalue weighted by Gasteiger charge is 2.32. The van der Waals surface area contributed by atoms with Gasteiger partial charge >= 0.3 is 0 Å². The molecule has 0 aliphatic rings. The number of hydrogen-bond donors (Lipinski definition) is 0. The second-order valence-electron chi connectivity index (χ2n) is 6.77. The van der Waals surface area contributed by atoms with Gasteiger partial charge in [0.25, 0.3) is 0 Å². The fourth-order valence-corrected chi connectivity index (χ4v) is 4.31. The topological polar surface area (TPSA) is 12.4 Å². The number of aliphatic imine (C=N–C) groups is 1. The zero-order valence-corrected chi connectivity index (χ0v) is 17.2. The van der Waals surface area contributed by atoms with Crippen LogP contribution in [0.15, 0.2) is 65.0 Å². The summed E-state index contributed by atoms with van der Waals surface area (Å²) in [6.45, 7) is 12.6. The highest BCUT2D eigenvalue weighted by atomic mass is 32.1. The Labute approximate surface area is 162 Å². The molecule has 2 heteroatoms. The van der Waals surface area contributed by atoms with E-state index in [1.807, 2.05) is 32.3 Å². The minimum absolute atomic E-state index is 0.0610. The molecule has 2 rings (SSSR count). The number of nitrogens with zero attached hydrogens (tertiary/aromatic N) is 1. The largest absolute Gasteiger partial charge is 0.296 e. The van der Waals surface area contributed by atoms with Gasteiger partial charge in [-0.3, -0.25) is 4.99 Å². The lowest BCUT2D eigenvalue weighted by atomic mass is 9.73.